The normalized spacial score (nSPS) is 11.6. The van der Waals surface area contributed by atoms with Crippen LogP contribution in [-0.2, 0) is 4.79 Å². The van der Waals surface area contributed by atoms with E-state index in [1.807, 2.05) is 0 Å². The van der Waals surface area contributed by atoms with Crippen LogP contribution < -0.4 is 5.32 Å². The third-order valence-corrected chi connectivity index (χ3v) is 3.94. The lowest BCUT2D eigenvalue weighted by Gasteiger charge is -2.18. The second kappa shape index (κ2) is 7.96. The molecular weight excluding hydrogens is 371 g/mol. The van der Waals surface area contributed by atoms with Crippen molar-refractivity contribution in [1.82, 2.24) is 5.32 Å². The summed E-state index contributed by atoms with van der Waals surface area (Å²) in [5, 5.41) is 22.9. The summed E-state index contributed by atoms with van der Waals surface area (Å²) in [4.78, 5) is 33.7. The Labute approximate surface area is 152 Å². The maximum Gasteiger partial charge on any atom is 0.305 e. The van der Waals surface area contributed by atoms with E-state index in [0.717, 1.165) is 6.07 Å². The molecule has 0 fully saturated rings. The van der Waals surface area contributed by atoms with Crippen LogP contribution in [0.15, 0.2) is 42.5 Å². The lowest BCUT2D eigenvalue weighted by Crippen LogP contribution is -2.30. The summed E-state index contributed by atoms with van der Waals surface area (Å²) < 4.78 is 0. The topological polar surface area (TPSA) is 110 Å². The molecule has 0 aromatic heterocycles. The molecule has 0 heterocycles. The van der Waals surface area contributed by atoms with Gasteiger partial charge in [0.15, 0.2) is 0 Å². The lowest BCUT2D eigenvalue weighted by atomic mass is 10.0. The average molecular weight is 383 g/mol. The summed E-state index contributed by atoms with van der Waals surface area (Å²) in [6.45, 7) is 0. The van der Waals surface area contributed by atoms with Gasteiger partial charge in [-0.15, -0.1) is 0 Å². The highest BCUT2D eigenvalue weighted by atomic mass is 35.5. The Kier molecular flexibility index (Phi) is 5.95. The fourth-order valence-electron chi connectivity index (χ4n) is 2.16. The highest BCUT2D eigenvalue weighted by molar-refractivity contribution is 6.34. The molecule has 0 spiro atoms. The molecule has 0 radical (unpaired) electrons. The molecule has 0 aliphatic carbocycles. The minimum absolute atomic E-state index is 0.0216. The summed E-state index contributed by atoms with van der Waals surface area (Å²) in [5.74, 6) is -1.83. The van der Waals surface area contributed by atoms with Crippen LogP contribution in [0.4, 0.5) is 5.69 Å². The second-order valence-electron chi connectivity index (χ2n) is 5.10. The zero-order chi connectivity index (χ0) is 18.6. The quantitative estimate of drug-likeness (QED) is 0.582. The number of benzene rings is 2. The molecule has 0 saturated carbocycles. The third kappa shape index (κ3) is 4.91. The average Bonchev–Trinajstić information content (AvgIpc) is 2.54. The van der Waals surface area contributed by atoms with Crippen molar-refractivity contribution in [3.05, 3.63) is 73.8 Å². The summed E-state index contributed by atoms with van der Waals surface area (Å²) in [6.07, 6.45) is -0.375. The molecule has 130 valence electrons. The molecule has 0 saturated heterocycles. The molecule has 1 atom stereocenters. The van der Waals surface area contributed by atoms with Crippen LogP contribution in [0.5, 0.6) is 0 Å². The first kappa shape index (κ1) is 18.7. The Morgan fingerprint density at radius 3 is 2.36 bits per heavy atom. The van der Waals surface area contributed by atoms with Gasteiger partial charge in [0.25, 0.3) is 11.6 Å². The maximum atomic E-state index is 12.4. The van der Waals surface area contributed by atoms with Gasteiger partial charge in [-0.05, 0) is 23.8 Å². The first-order chi connectivity index (χ1) is 11.8. The molecule has 0 bridgehead atoms. The van der Waals surface area contributed by atoms with Gasteiger partial charge in [-0.2, -0.15) is 0 Å². The van der Waals surface area contributed by atoms with Crippen LogP contribution >= 0.6 is 23.2 Å². The number of nitro groups is 1. The minimum atomic E-state index is -1.12. The van der Waals surface area contributed by atoms with E-state index in [1.54, 1.807) is 24.3 Å². The highest BCUT2D eigenvalue weighted by Crippen LogP contribution is 2.24. The number of amides is 1. The van der Waals surface area contributed by atoms with E-state index < -0.39 is 22.8 Å². The fourth-order valence-corrected chi connectivity index (χ4v) is 2.49. The molecule has 7 nitrogen and oxygen atoms in total. The monoisotopic (exact) mass is 382 g/mol. The second-order valence-corrected chi connectivity index (χ2v) is 5.94. The third-order valence-electron chi connectivity index (χ3n) is 3.36. The highest BCUT2D eigenvalue weighted by Gasteiger charge is 2.22. The Morgan fingerprint density at radius 2 is 1.80 bits per heavy atom. The number of nitro benzene ring substituents is 1. The molecule has 1 amide bonds. The van der Waals surface area contributed by atoms with Crippen molar-refractivity contribution in [2.45, 2.75) is 12.5 Å². The van der Waals surface area contributed by atoms with E-state index in [-0.39, 0.29) is 22.7 Å². The van der Waals surface area contributed by atoms with Crippen LogP contribution in [0.2, 0.25) is 10.0 Å². The number of nitrogens with one attached hydrogen (secondary N) is 1. The number of carboxylic acids is 1. The number of carbonyl (C=O) groups excluding carboxylic acids is 1. The molecule has 2 N–H and O–H groups in total. The van der Waals surface area contributed by atoms with Gasteiger partial charge in [-0.3, -0.25) is 19.7 Å². The summed E-state index contributed by atoms with van der Waals surface area (Å²) >= 11 is 11.7. The predicted molar refractivity (Wildman–Crippen MR) is 92.0 cm³/mol. The molecule has 1 unspecified atom stereocenters. The summed E-state index contributed by atoms with van der Waals surface area (Å²) in [7, 11) is 0. The number of hydrogen-bond acceptors (Lipinski definition) is 4. The number of halogens is 2. The fraction of sp³-hybridized carbons (Fsp3) is 0.125. The molecule has 2 aromatic rings. The standard InChI is InChI=1S/C16H12Cl2N2O5/c17-10-3-1-9(2-4-10)14(8-15(21)22)19-16(23)12-7-11(20(24)25)5-6-13(12)18/h1-7,14H,8H2,(H,19,23)(H,21,22). The zero-order valence-corrected chi connectivity index (χ0v) is 14.1. The molecular formula is C16H12Cl2N2O5. The van der Waals surface area contributed by atoms with E-state index in [9.17, 15) is 19.7 Å². The van der Waals surface area contributed by atoms with Crippen LogP contribution in [0, 0.1) is 10.1 Å². The van der Waals surface area contributed by atoms with Crippen molar-refractivity contribution in [2.24, 2.45) is 0 Å². The molecule has 2 aromatic carbocycles. The first-order valence-electron chi connectivity index (χ1n) is 7.00. The van der Waals surface area contributed by atoms with Crippen LogP contribution in [0.1, 0.15) is 28.4 Å². The molecule has 2 rings (SSSR count). The Balaban J connectivity index is 2.30. The minimum Gasteiger partial charge on any atom is -0.481 e. The van der Waals surface area contributed by atoms with Gasteiger partial charge >= 0.3 is 5.97 Å². The summed E-state index contributed by atoms with van der Waals surface area (Å²) in [5.41, 5.74) is 0.123. The van der Waals surface area contributed by atoms with Crippen molar-refractivity contribution >= 4 is 40.8 Å². The molecule has 0 aliphatic heterocycles. The number of aliphatic carboxylic acids is 1. The number of carboxylic acid groups (broad SMARTS) is 1. The van der Waals surface area contributed by atoms with E-state index >= 15 is 0 Å². The lowest BCUT2D eigenvalue weighted by molar-refractivity contribution is -0.384. The van der Waals surface area contributed by atoms with Gasteiger partial charge in [0.2, 0.25) is 0 Å². The van der Waals surface area contributed by atoms with Crippen molar-refractivity contribution in [3.63, 3.8) is 0 Å². The Bertz CT molecular complexity index is 824. The number of nitrogens with zero attached hydrogens (tertiary/aromatic N) is 1. The number of non-ortho nitro benzene ring substituents is 1. The number of hydrogen-bond donors (Lipinski definition) is 2. The first-order valence-corrected chi connectivity index (χ1v) is 7.75. The van der Waals surface area contributed by atoms with E-state index in [2.05, 4.69) is 5.32 Å². The summed E-state index contributed by atoms with van der Waals surface area (Å²) in [6, 6.07) is 8.91. The van der Waals surface area contributed by atoms with Gasteiger partial charge in [0.1, 0.15) is 0 Å². The van der Waals surface area contributed by atoms with Crippen LogP contribution in [0.25, 0.3) is 0 Å². The van der Waals surface area contributed by atoms with Crippen molar-refractivity contribution in [2.75, 3.05) is 0 Å². The van der Waals surface area contributed by atoms with Crippen molar-refractivity contribution < 1.29 is 19.6 Å². The molecule has 25 heavy (non-hydrogen) atoms. The van der Waals surface area contributed by atoms with E-state index in [4.69, 9.17) is 28.3 Å². The number of carbonyl (C=O) groups is 2. The van der Waals surface area contributed by atoms with Gasteiger partial charge in [-0.25, -0.2) is 0 Å². The maximum absolute atomic E-state index is 12.4. The van der Waals surface area contributed by atoms with Gasteiger partial charge in [0, 0.05) is 17.2 Å². The zero-order valence-electron chi connectivity index (χ0n) is 12.6. The van der Waals surface area contributed by atoms with Crippen LogP contribution in [0.3, 0.4) is 0 Å². The molecule has 0 aliphatic rings. The van der Waals surface area contributed by atoms with Gasteiger partial charge < -0.3 is 10.4 Å². The van der Waals surface area contributed by atoms with Gasteiger partial charge in [0.05, 0.1) is 28.0 Å². The van der Waals surface area contributed by atoms with Gasteiger partial charge in [-0.1, -0.05) is 35.3 Å². The van der Waals surface area contributed by atoms with Crippen molar-refractivity contribution in [1.29, 1.82) is 0 Å². The van der Waals surface area contributed by atoms with E-state index in [0.29, 0.717) is 10.6 Å². The SMILES string of the molecule is O=C(O)CC(NC(=O)c1cc([N+](=O)[O-])ccc1Cl)c1ccc(Cl)cc1. The predicted octanol–water partition coefficient (Wildman–Crippen LogP) is 3.85. The smallest absolute Gasteiger partial charge is 0.305 e. The van der Waals surface area contributed by atoms with Crippen LogP contribution in [-0.4, -0.2) is 21.9 Å². The Hall–Kier alpha value is -2.64. The largest absolute Gasteiger partial charge is 0.481 e. The van der Waals surface area contributed by atoms with Crippen molar-refractivity contribution in [3.8, 4) is 0 Å². The van der Waals surface area contributed by atoms with E-state index in [1.165, 1.54) is 12.1 Å². The molecule has 9 heteroatoms. The number of rotatable bonds is 6. The Morgan fingerprint density at radius 1 is 1.16 bits per heavy atom.